The summed E-state index contributed by atoms with van der Waals surface area (Å²) in [6.45, 7) is 1.76. The Balaban J connectivity index is 2.01. The van der Waals surface area contributed by atoms with Crippen LogP contribution in [0.25, 0.3) is 10.6 Å². The van der Waals surface area contributed by atoms with Crippen molar-refractivity contribution in [1.82, 2.24) is 4.98 Å². The highest BCUT2D eigenvalue weighted by atomic mass is 32.1. The molecule has 1 aromatic carbocycles. The van der Waals surface area contributed by atoms with Gasteiger partial charge in [-0.3, -0.25) is 4.79 Å². The van der Waals surface area contributed by atoms with Crippen molar-refractivity contribution in [3.05, 3.63) is 63.9 Å². The van der Waals surface area contributed by atoms with Crippen molar-refractivity contribution in [2.75, 3.05) is 12.4 Å². The van der Waals surface area contributed by atoms with Gasteiger partial charge in [0.1, 0.15) is 5.82 Å². The number of esters is 1. The van der Waals surface area contributed by atoms with Crippen LogP contribution in [0.15, 0.2) is 35.7 Å². The summed E-state index contributed by atoms with van der Waals surface area (Å²) in [5, 5.41) is 4.68. The molecule has 0 radical (unpaired) electrons. The number of aromatic amines is 1. The Morgan fingerprint density at radius 1 is 1.31 bits per heavy atom. The maximum absolute atomic E-state index is 13.8. The third-order valence-electron chi connectivity index (χ3n) is 4.52. The minimum absolute atomic E-state index is 0.299. The van der Waals surface area contributed by atoms with Gasteiger partial charge in [-0.25, -0.2) is 9.18 Å². The van der Waals surface area contributed by atoms with Crippen molar-refractivity contribution in [3.63, 3.8) is 0 Å². The van der Waals surface area contributed by atoms with E-state index in [1.807, 2.05) is 17.5 Å². The Kier molecular flexibility index (Phi) is 3.88. The van der Waals surface area contributed by atoms with Crippen molar-refractivity contribution in [2.45, 2.75) is 12.8 Å². The average Bonchev–Trinajstić information content (AvgIpc) is 3.31. The summed E-state index contributed by atoms with van der Waals surface area (Å²) in [7, 11) is 1.30. The molecule has 0 fully saturated rings. The molecule has 3 aromatic rings. The maximum Gasteiger partial charge on any atom is 0.340 e. The van der Waals surface area contributed by atoms with Crippen LogP contribution in [0.5, 0.6) is 0 Å². The number of aryl methyl sites for hydroxylation is 1. The van der Waals surface area contributed by atoms with Crippen LogP contribution in [0, 0.1) is 12.7 Å². The number of rotatable bonds is 3. The van der Waals surface area contributed by atoms with Gasteiger partial charge < -0.3 is 15.0 Å². The molecule has 132 valence electrons. The van der Waals surface area contributed by atoms with Crippen LogP contribution in [-0.4, -0.2) is 24.0 Å². The van der Waals surface area contributed by atoms with E-state index in [1.54, 1.807) is 6.92 Å². The zero-order valence-corrected chi connectivity index (χ0v) is 14.9. The molecular weight excluding hydrogens is 355 g/mol. The number of aromatic nitrogens is 1. The molecule has 5 nitrogen and oxygen atoms in total. The number of halogens is 1. The number of anilines is 1. The molecule has 26 heavy (non-hydrogen) atoms. The van der Waals surface area contributed by atoms with Crippen molar-refractivity contribution < 1.29 is 18.7 Å². The molecule has 1 aliphatic rings. The van der Waals surface area contributed by atoms with E-state index in [0.717, 1.165) is 4.88 Å². The SMILES string of the molecule is COC(=O)c1c(C)[nH]c(-c2cccs2)c1[C@H]1C(=O)Nc2ccc(F)cc21. The van der Waals surface area contributed by atoms with Crippen molar-refractivity contribution in [1.29, 1.82) is 0 Å². The lowest BCUT2D eigenvalue weighted by Crippen LogP contribution is -2.17. The second-order valence-electron chi connectivity index (χ2n) is 6.04. The Morgan fingerprint density at radius 2 is 2.12 bits per heavy atom. The molecule has 0 spiro atoms. The standard InChI is InChI=1S/C19H15FN2O3S/c1-9-14(19(24)25-2)16(17(21-9)13-4-3-7-26-13)15-11-8-10(20)5-6-12(11)22-18(15)23/h3-8,15,21H,1-2H3,(H,22,23)/t15-/m0/s1. The number of carbonyl (C=O) groups excluding carboxylic acids is 2. The monoisotopic (exact) mass is 370 g/mol. The number of ether oxygens (including phenoxy) is 1. The fourth-order valence-electron chi connectivity index (χ4n) is 3.43. The molecule has 1 amide bonds. The Hall–Kier alpha value is -2.93. The molecule has 0 saturated heterocycles. The lowest BCUT2D eigenvalue weighted by molar-refractivity contribution is -0.116. The first-order valence-corrected chi connectivity index (χ1v) is 8.84. The van der Waals surface area contributed by atoms with Gasteiger partial charge in [0.25, 0.3) is 0 Å². The quantitative estimate of drug-likeness (QED) is 0.683. The fraction of sp³-hybridized carbons (Fsp3) is 0.158. The van der Waals surface area contributed by atoms with Crippen LogP contribution in [0.1, 0.15) is 33.1 Å². The number of benzene rings is 1. The van der Waals surface area contributed by atoms with Crippen molar-refractivity contribution >= 4 is 28.9 Å². The molecule has 1 aliphatic heterocycles. The van der Waals surface area contributed by atoms with Gasteiger partial charge in [-0.2, -0.15) is 0 Å². The first-order valence-electron chi connectivity index (χ1n) is 7.96. The summed E-state index contributed by atoms with van der Waals surface area (Å²) >= 11 is 1.49. The second-order valence-corrected chi connectivity index (χ2v) is 6.98. The summed E-state index contributed by atoms with van der Waals surface area (Å²) in [6.07, 6.45) is 0. The highest BCUT2D eigenvalue weighted by Crippen LogP contribution is 2.44. The Bertz CT molecular complexity index is 1020. The zero-order chi connectivity index (χ0) is 18.4. The number of nitrogens with one attached hydrogen (secondary N) is 2. The molecular formula is C19H15FN2O3S. The van der Waals surface area contributed by atoms with E-state index in [9.17, 15) is 14.0 Å². The molecule has 0 saturated carbocycles. The predicted octanol–water partition coefficient (Wildman–Crippen LogP) is 4.06. The lowest BCUT2D eigenvalue weighted by atomic mass is 9.88. The summed E-state index contributed by atoms with van der Waals surface area (Å²) in [4.78, 5) is 29.3. The zero-order valence-electron chi connectivity index (χ0n) is 14.1. The van der Waals surface area contributed by atoms with Gasteiger partial charge in [-0.1, -0.05) is 6.07 Å². The fourth-order valence-corrected chi connectivity index (χ4v) is 4.17. The molecule has 3 heterocycles. The minimum Gasteiger partial charge on any atom is -0.465 e. The van der Waals surface area contributed by atoms with Crippen molar-refractivity contribution in [3.8, 4) is 10.6 Å². The highest BCUT2D eigenvalue weighted by Gasteiger charge is 2.39. The van der Waals surface area contributed by atoms with E-state index in [2.05, 4.69) is 10.3 Å². The van der Waals surface area contributed by atoms with Crippen LogP contribution in [0.3, 0.4) is 0 Å². The number of fused-ring (bicyclic) bond motifs is 1. The number of hydrogen-bond acceptors (Lipinski definition) is 4. The van der Waals surface area contributed by atoms with E-state index in [1.165, 1.54) is 36.6 Å². The molecule has 2 aromatic heterocycles. The van der Waals surface area contributed by atoms with Gasteiger partial charge in [0.15, 0.2) is 0 Å². The summed E-state index contributed by atoms with van der Waals surface area (Å²) in [6, 6.07) is 7.95. The van der Waals surface area contributed by atoms with E-state index in [4.69, 9.17) is 4.74 Å². The van der Waals surface area contributed by atoms with Crippen LogP contribution >= 0.6 is 11.3 Å². The Labute approximate surface area is 152 Å². The molecule has 7 heteroatoms. The smallest absolute Gasteiger partial charge is 0.340 e. The molecule has 2 N–H and O–H groups in total. The number of H-pyrrole nitrogens is 1. The summed E-state index contributed by atoms with van der Waals surface area (Å²) in [5.41, 5.74) is 3.17. The average molecular weight is 370 g/mol. The van der Waals surface area contributed by atoms with E-state index in [0.29, 0.717) is 33.8 Å². The lowest BCUT2D eigenvalue weighted by Gasteiger charge is -2.13. The van der Waals surface area contributed by atoms with Crippen LogP contribution in [0.2, 0.25) is 0 Å². The first-order chi connectivity index (χ1) is 12.5. The Morgan fingerprint density at radius 3 is 2.81 bits per heavy atom. The van der Waals surface area contributed by atoms with Gasteiger partial charge in [-0.05, 0) is 42.1 Å². The van der Waals surface area contributed by atoms with E-state index in [-0.39, 0.29) is 5.91 Å². The van der Waals surface area contributed by atoms with Crippen LogP contribution in [-0.2, 0) is 9.53 Å². The summed E-state index contributed by atoms with van der Waals surface area (Å²) < 4.78 is 18.8. The van der Waals surface area contributed by atoms with Crippen LogP contribution < -0.4 is 5.32 Å². The van der Waals surface area contributed by atoms with Gasteiger partial charge in [-0.15, -0.1) is 11.3 Å². The first kappa shape index (κ1) is 16.5. The van der Waals surface area contributed by atoms with E-state index < -0.39 is 17.7 Å². The number of thiophene rings is 1. The number of amides is 1. The number of hydrogen-bond donors (Lipinski definition) is 2. The second kappa shape index (κ2) is 6.10. The third-order valence-corrected chi connectivity index (χ3v) is 5.40. The molecule has 0 unspecified atom stereocenters. The third kappa shape index (κ3) is 2.43. The normalized spacial score (nSPS) is 15.7. The topological polar surface area (TPSA) is 71.2 Å². The van der Waals surface area contributed by atoms with Gasteiger partial charge >= 0.3 is 5.97 Å². The molecule has 4 rings (SSSR count). The van der Waals surface area contributed by atoms with Gasteiger partial charge in [0.05, 0.1) is 29.2 Å². The molecule has 0 bridgehead atoms. The maximum atomic E-state index is 13.8. The molecule has 1 atom stereocenters. The van der Waals surface area contributed by atoms with E-state index >= 15 is 0 Å². The number of methoxy groups -OCH3 is 1. The van der Waals surface area contributed by atoms with Gasteiger partial charge in [0.2, 0.25) is 5.91 Å². The summed E-state index contributed by atoms with van der Waals surface area (Å²) in [5.74, 6) is -2.06. The molecule has 0 aliphatic carbocycles. The largest absolute Gasteiger partial charge is 0.465 e. The highest BCUT2D eigenvalue weighted by molar-refractivity contribution is 7.13. The van der Waals surface area contributed by atoms with Crippen LogP contribution in [0.4, 0.5) is 10.1 Å². The predicted molar refractivity (Wildman–Crippen MR) is 97.1 cm³/mol. The minimum atomic E-state index is -0.795. The number of carbonyl (C=O) groups is 2. The van der Waals surface area contributed by atoms with Crippen molar-refractivity contribution in [2.24, 2.45) is 0 Å². The van der Waals surface area contributed by atoms with Gasteiger partial charge in [0, 0.05) is 16.9 Å².